The number of methoxy groups -OCH3 is 1. The van der Waals surface area contributed by atoms with Gasteiger partial charge in [0.2, 0.25) is 0 Å². The molecule has 0 saturated carbocycles. The molecule has 0 unspecified atom stereocenters. The van der Waals surface area contributed by atoms with Gasteiger partial charge in [-0.25, -0.2) is 0 Å². The maximum absolute atomic E-state index is 11.0. The Morgan fingerprint density at radius 2 is 1.84 bits per heavy atom. The zero-order chi connectivity index (χ0) is 14.6. The highest BCUT2D eigenvalue weighted by Gasteiger charge is 2.25. The first-order valence-electron chi connectivity index (χ1n) is 6.40. The number of aliphatic carboxylic acids is 1. The molecule has 0 atom stereocenters. The fraction of sp³-hybridized carbons (Fsp3) is 0.533. The molecule has 4 heteroatoms. The molecule has 1 rings (SSSR count). The van der Waals surface area contributed by atoms with E-state index >= 15 is 0 Å². The van der Waals surface area contributed by atoms with Crippen LogP contribution in [0.15, 0.2) is 12.1 Å². The standard InChI is InChI=1S/C15H23NO3/c1-10-8-12(9-11(2)13(10)19-5)6-7-16-15(3,4)14(17)18/h8-9,16H,6-7H2,1-5H3,(H,17,18). The third-order valence-electron chi connectivity index (χ3n) is 3.24. The molecule has 0 radical (unpaired) electrons. The van der Waals surface area contributed by atoms with Crippen LogP contribution in [0.5, 0.6) is 5.75 Å². The summed E-state index contributed by atoms with van der Waals surface area (Å²) in [6.07, 6.45) is 0.794. The van der Waals surface area contributed by atoms with Gasteiger partial charge in [-0.15, -0.1) is 0 Å². The van der Waals surface area contributed by atoms with E-state index in [0.717, 1.165) is 23.3 Å². The van der Waals surface area contributed by atoms with Gasteiger partial charge in [-0.1, -0.05) is 12.1 Å². The van der Waals surface area contributed by atoms with Gasteiger partial charge in [-0.3, -0.25) is 4.79 Å². The minimum Gasteiger partial charge on any atom is -0.496 e. The van der Waals surface area contributed by atoms with Crippen molar-refractivity contribution in [2.45, 2.75) is 39.7 Å². The topological polar surface area (TPSA) is 58.6 Å². The van der Waals surface area contributed by atoms with Gasteiger partial charge < -0.3 is 15.2 Å². The first kappa shape index (κ1) is 15.5. The van der Waals surface area contributed by atoms with Crippen molar-refractivity contribution in [1.82, 2.24) is 5.32 Å². The molecule has 0 spiro atoms. The average molecular weight is 265 g/mol. The molecule has 4 nitrogen and oxygen atoms in total. The summed E-state index contributed by atoms with van der Waals surface area (Å²) in [4.78, 5) is 11.0. The second-order valence-corrected chi connectivity index (χ2v) is 5.37. The highest BCUT2D eigenvalue weighted by Crippen LogP contribution is 2.24. The number of carbonyl (C=O) groups is 1. The lowest BCUT2D eigenvalue weighted by atomic mass is 10.0. The van der Waals surface area contributed by atoms with Crippen LogP contribution in [0.2, 0.25) is 0 Å². The van der Waals surface area contributed by atoms with Crippen LogP contribution in [-0.2, 0) is 11.2 Å². The van der Waals surface area contributed by atoms with E-state index in [0.29, 0.717) is 6.54 Å². The number of benzene rings is 1. The van der Waals surface area contributed by atoms with E-state index in [-0.39, 0.29) is 0 Å². The van der Waals surface area contributed by atoms with E-state index < -0.39 is 11.5 Å². The lowest BCUT2D eigenvalue weighted by Crippen LogP contribution is -2.47. The highest BCUT2D eigenvalue weighted by atomic mass is 16.5. The molecule has 0 aliphatic heterocycles. The first-order chi connectivity index (χ1) is 8.77. The summed E-state index contributed by atoms with van der Waals surface area (Å²) >= 11 is 0. The molecule has 19 heavy (non-hydrogen) atoms. The molecular weight excluding hydrogens is 242 g/mol. The van der Waals surface area contributed by atoms with E-state index in [4.69, 9.17) is 9.84 Å². The molecule has 0 aromatic heterocycles. The van der Waals surface area contributed by atoms with Gasteiger partial charge in [0.25, 0.3) is 0 Å². The van der Waals surface area contributed by atoms with Crippen LogP contribution in [0.1, 0.15) is 30.5 Å². The summed E-state index contributed by atoms with van der Waals surface area (Å²) < 4.78 is 5.33. The smallest absolute Gasteiger partial charge is 0.323 e. The van der Waals surface area contributed by atoms with Crippen molar-refractivity contribution in [2.24, 2.45) is 0 Å². The summed E-state index contributed by atoms with van der Waals surface area (Å²) in [5, 5.41) is 12.1. The van der Waals surface area contributed by atoms with Gasteiger partial charge in [0.05, 0.1) is 7.11 Å². The van der Waals surface area contributed by atoms with Gasteiger partial charge in [0, 0.05) is 6.54 Å². The number of rotatable bonds is 6. The Balaban J connectivity index is 2.67. The predicted molar refractivity (Wildman–Crippen MR) is 75.9 cm³/mol. The highest BCUT2D eigenvalue weighted by molar-refractivity contribution is 5.77. The number of hydrogen-bond acceptors (Lipinski definition) is 3. The summed E-state index contributed by atoms with van der Waals surface area (Å²) in [7, 11) is 1.67. The predicted octanol–water partition coefficient (Wildman–Crippen LogP) is 2.31. The monoisotopic (exact) mass is 265 g/mol. The average Bonchev–Trinajstić information content (AvgIpc) is 2.28. The molecule has 0 heterocycles. The summed E-state index contributed by atoms with van der Waals surface area (Å²) in [5.74, 6) is 0.0807. The Morgan fingerprint density at radius 3 is 2.26 bits per heavy atom. The summed E-state index contributed by atoms with van der Waals surface area (Å²) in [6.45, 7) is 8.00. The molecule has 0 fully saturated rings. The van der Waals surface area contributed by atoms with Crippen molar-refractivity contribution in [1.29, 1.82) is 0 Å². The molecule has 0 aliphatic carbocycles. The van der Waals surface area contributed by atoms with Crippen molar-refractivity contribution in [3.05, 3.63) is 28.8 Å². The molecular formula is C15H23NO3. The Bertz CT molecular complexity index is 443. The van der Waals surface area contributed by atoms with Crippen LogP contribution in [0.3, 0.4) is 0 Å². The SMILES string of the molecule is COc1c(C)cc(CCNC(C)(C)C(=O)O)cc1C. The van der Waals surface area contributed by atoms with Crippen LogP contribution in [0.4, 0.5) is 0 Å². The van der Waals surface area contributed by atoms with E-state index in [2.05, 4.69) is 17.4 Å². The maximum Gasteiger partial charge on any atom is 0.323 e. The lowest BCUT2D eigenvalue weighted by Gasteiger charge is -2.21. The molecule has 106 valence electrons. The second kappa shape index (κ2) is 6.06. The third-order valence-corrected chi connectivity index (χ3v) is 3.24. The fourth-order valence-electron chi connectivity index (χ4n) is 2.10. The summed E-state index contributed by atoms with van der Waals surface area (Å²) in [6, 6.07) is 4.17. The van der Waals surface area contributed by atoms with E-state index in [1.807, 2.05) is 13.8 Å². The minimum absolute atomic E-state index is 0.629. The Kier molecular flexibility index (Phi) is 4.95. The molecule has 0 amide bonds. The molecule has 1 aromatic rings. The van der Waals surface area contributed by atoms with E-state index in [1.165, 1.54) is 5.56 Å². The maximum atomic E-state index is 11.0. The third kappa shape index (κ3) is 3.96. The molecule has 1 aromatic carbocycles. The number of ether oxygens (including phenoxy) is 1. The lowest BCUT2D eigenvalue weighted by molar-refractivity contribution is -0.143. The quantitative estimate of drug-likeness (QED) is 0.828. The molecule has 0 aliphatic rings. The molecule has 2 N–H and O–H groups in total. The van der Waals surface area contributed by atoms with Crippen LogP contribution in [-0.4, -0.2) is 30.3 Å². The van der Waals surface area contributed by atoms with Crippen molar-refractivity contribution >= 4 is 5.97 Å². The van der Waals surface area contributed by atoms with Crippen molar-refractivity contribution in [3.8, 4) is 5.75 Å². The summed E-state index contributed by atoms with van der Waals surface area (Å²) in [5.41, 5.74) is 2.51. The van der Waals surface area contributed by atoms with Crippen molar-refractivity contribution in [2.75, 3.05) is 13.7 Å². The molecule has 0 saturated heterocycles. The van der Waals surface area contributed by atoms with Gasteiger partial charge in [0.15, 0.2) is 0 Å². The fourth-order valence-corrected chi connectivity index (χ4v) is 2.10. The largest absolute Gasteiger partial charge is 0.496 e. The Labute approximate surface area is 114 Å². The Hall–Kier alpha value is -1.55. The van der Waals surface area contributed by atoms with Crippen LogP contribution in [0.25, 0.3) is 0 Å². The Morgan fingerprint density at radius 1 is 1.32 bits per heavy atom. The van der Waals surface area contributed by atoms with Gasteiger partial charge in [-0.05, 0) is 50.8 Å². The van der Waals surface area contributed by atoms with Crippen LogP contribution >= 0.6 is 0 Å². The van der Waals surface area contributed by atoms with Crippen molar-refractivity contribution in [3.63, 3.8) is 0 Å². The number of nitrogens with one attached hydrogen (secondary N) is 1. The van der Waals surface area contributed by atoms with Gasteiger partial charge in [-0.2, -0.15) is 0 Å². The van der Waals surface area contributed by atoms with Crippen molar-refractivity contribution < 1.29 is 14.6 Å². The number of carboxylic acids is 1. The van der Waals surface area contributed by atoms with E-state index in [1.54, 1.807) is 21.0 Å². The number of hydrogen-bond donors (Lipinski definition) is 2. The zero-order valence-corrected chi connectivity index (χ0v) is 12.3. The first-order valence-corrected chi connectivity index (χ1v) is 6.40. The number of aryl methyl sites for hydroxylation is 2. The molecule has 0 bridgehead atoms. The second-order valence-electron chi connectivity index (χ2n) is 5.37. The normalized spacial score (nSPS) is 11.4. The van der Waals surface area contributed by atoms with Crippen LogP contribution < -0.4 is 10.1 Å². The number of carboxylic acid groups (broad SMARTS) is 1. The van der Waals surface area contributed by atoms with Crippen LogP contribution in [0, 0.1) is 13.8 Å². The van der Waals surface area contributed by atoms with Gasteiger partial charge in [0.1, 0.15) is 11.3 Å². The van der Waals surface area contributed by atoms with Gasteiger partial charge >= 0.3 is 5.97 Å². The minimum atomic E-state index is -0.892. The van der Waals surface area contributed by atoms with E-state index in [9.17, 15) is 4.79 Å². The zero-order valence-electron chi connectivity index (χ0n) is 12.3.